The van der Waals surface area contributed by atoms with E-state index in [0.29, 0.717) is 10.8 Å². The minimum atomic E-state index is -0.200. The Labute approximate surface area is 112 Å². The molecule has 0 fully saturated rings. The first-order valence-electron chi connectivity index (χ1n) is 6.31. The second-order valence-corrected chi connectivity index (χ2v) is 5.54. The fourth-order valence-corrected chi connectivity index (χ4v) is 2.39. The summed E-state index contributed by atoms with van der Waals surface area (Å²) >= 11 is 1.11. The molecule has 18 heavy (non-hydrogen) atoms. The lowest BCUT2D eigenvalue weighted by Gasteiger charge is -2.17. The van der Waals surface area contributed by atoms with Crippen LogP contribution in [-0.4, -0.2) is 33.2 Å². The number of rotatable bonds is 7. The molecule has 1 amide bonds. The maximum absolute atomic E-state index is 12.1. The van der Waals surface area contributed by atoms with Crippen LogP contribution in [-0.2, 0) is 6.42 Å². The molecule has 1 aromatic heterocycles. The first-order chi connectivity index (χ1) is 8.58. The lowest BCUT2D eigenvalue weighted by molar-refractivity contribution is 0.0911. The zero-order chi connectivity index (χ0) is 13.5. The van der Waals surface area contributed by atoms with E-state index in [9.17, 15) is 9.90 Å². The monoisotopic (exact) mass is 271 g/mol. The van der Waals surface area contributed by atoms with Crippen LogP contribution in [0.1, 0.15) is 49.0 Å². The predicted molar refractivity (Wildman–Crippen MR) is 71.7 cm³/mol. The second kappa shape index (κ2) is 7.43. The summed E-state index contributed by atoms with van der Waals surface area (Å²) in [5.74, 6) is 0.255. The number of hydrogen-bond donors (Lipinski definition) is 2. The van der Waals surface area contributed by atoms with E-state index in [1.165, 1.54) is 0 Å². The molecule has 1 atom stereocenters. The number of aliphatic hydroxyl groups is 1. The van der Waals surface area contributed by atoms with Gasteiger partial charge in [0.2, 0.25) is 0 Å². The average Bonchev–Trinajstić information content (AvgIpc) is 2.76. The number of aromatic nitrogens is 2. The molecule has 0 saturated heterocycles. The average molecular weight is 271 g/mol. The molecule has 2 N–H and O–H groups in total. The Morgan fingerprint density at radius 2 is 2.22 bits per heavy atom. The number of amides is 1. The van der Waals surface area contributed by atoms with Crippen molar-refractivity contribution in [3.63, 3.8) is 0 Å². The highest BCUT2D eigenvalue weighted by molar-refractivity contribution is 7.08. The predicted octanol–water partition coefficient (Wildman–Crippen LogP) is 1.63. The SMILES string of the molecule is CCCc1nnsc1C(=O)NC(CO)CC(C)C. The molecule has 0 aromatic carbocycles. The zero-order valence-electron chi connectivity index (χ0n) is 11.1. The topological polar surface area (TPSA) is 75.1 Å². The Kier molecular flexibility index (Phi) is 6.21. The minimum Gasteiger partial charge on any atom is -0.394 e. The van der Waals surface area contributed by atoms with Gasteiger partial charge in [-0.25, -0.2) is 0 Å². The van der Waals surface area contributed by atoms with E-state index >= 15 is 0 Å². The molecule has 0 saturated carbocycles. The molecule has 102 valence electrons. The van der Waals surface area contributed by atoms with Crippen molar-refractivity contribution in [1.29, 1.82) is 0 Å². The van der Waals surface area contributed by atoms with Gasteiger partial charge in [-0.1, -0.05) is 31.7 Å². The molecule has 0 aliphatic carbocycles. The van der Waals surface area contributed by atoms with Gasteiger partial charge in [0.1, 0.15) is 4.88 Å². The number of aliphatic hydroxyl groups excluding tert-OH is 1. The highest BCUT2D eigenvalue weighted by Crippen LogP contribution is 2.13. The second-order valence-electron chi connectivity index (χ2n) is 4.78. The van der Waals surface area contributed by atoms with Gasteiger partial charge in [-0.15, -0.1) is 5.10 Å². The van der Waals surface area contributed by atoms with E-state index < -0.39 is 0 Å². The summed E-state index contributed by atoms with van der Waals surface area (Å²) in [7, 11) is 0. The van der Waals surface area contributed by atoms with Gasteiger partial charge >= 0.3 is 0 Å². The van der Waals surface area contributed by atoms with Crippen LogP contribution >= 0.6 is 11.5 Å². The number of carbonyl (C=O) groups excluding carboxylic acids is 1. The summed E-state index contributed by atoms with van der Waals surface area (Å²) in [5.41, 5.74) is 0.751. The summed E-state index contributed by atoms with van der Waals surface area (Å²) < 4.78 is 3.82. The molecular weight excluding hydrogens is 250 g/mol. The highest BCUT2D eigenvalue weighted by Gasteiger charge is 2.19. The summed E-state index contributed by atoms with van der Waals surface area (Å²) in [6, 6.07) is -0.200. The molecular formula is C12H21N3O2S. The zero-order valence-corrected chi connectivity index (χ0v) is 12.0. The van der Waals surface area contributed by atoms with Crippen LogP contribution in [0, 0.1) is 5.92 Å². The van der Waals surface area contributed by atoms with Crippen LogP contribution in [0.2, 0.25) is 0 Å². The van der Waals surface area contributed by atoms with Gasteiger partial charge in [0.25, 0.3) is 5.91 Å². The molecule has 6 heteroatoms. The van der Waals surface area contributed by atoms with Crippen molar-refractivity contribution in [1.82, 2.24) is 14.9 Å². The fraction of sp³-hybridized carbons (Fsp3) is 0.750. The Morgan fingerprint density at radius 1 is 1.50 bits per heavy atom. The van der Waals surface area contributed by atoms with E-state index in [1.807, 2.05) is 6.92 Å². The van der Waals surface area contributed by atoms with Crippen LogP contribution in [0.5, 0.6) is 0 Å². The van der Waals surface area contributed by atoms with Crippen molar-refractivity contribution < 1.29 is 9.90 Å². The summed E-state index contributed by atoms with van der Waals surface area (Å²) in [5, 5.41) is 16.1. The standard InChI is InChI=1S/C12H21N3O2S/c1-4-5-10-11(18-15-14-10)12(17)13-9(7-16)6-8(2)3/h8-9,16H,4-7H2,1-3H3,(H,13,17). The molecule has 5 nitrogen and oxygen atoms in total. The Morgan fingerprint density at radius 3 is 2.78 bits per heavy atom. The van der Waals surface area contributed by atoms with E-state index in [4.69, 9.17) is 0 Å². The Bertz CT molecular complexity index is 379. The van der Waals surface area contributed by atoms with Crippen molar-refractivity contribution >= 4 is 17.4 Å². The minimum absolute atomic E-state index is 0.0424. The molecule has 0 bridgehead atoms. The van der Waals surface area contributed by atoms with Gasteiger partial charge in [0, 0.05) is 0 Å². The van der Waals surface area contributed by atoms with E-state index in [-0.39, 0.29) is 18.6 Å². The molecule has 1 heterocycles. The molecule has 1 unspecified atom stereocenters. The number of nitrogens with one attached hydrogen (secondary N) is 1. The molecule has 1 aromatic rings. The molecule has 1 rings (SSSR count). The third kappa shape index (κ3) is 4.34. The van der Waals surface area contributed by atoms with Crippen molar-refractivity contribution in [3.05, 3.63) is 10.6 Å². The van der Waals surface area contributed by atoms with E-state index in [0.717, 1.165) is 36.5 Å². The molecule has 0 aliphatic rings. The van der Waals surface area contributed by atoms with E-state index in [1.54, 1.807) is 0 Å². The molecule has 0 aliphatic heterocycles. The normalized spacial score (nSPS) is 12.7. The van der Waals surface area contributed by atoms with Crippen LogP contribution in [0.25, 0.3) is 0 Å². The van der Waals surface area contributed by atoms with Gasteiger partial charge in [0.15, 0.2) is 0 Å². The van der Waals surface area contributed by atoms with E-state index in [2.05, 4.69) is 28.8 Å². The fourth-order valence-electron chi connectivity index (χ4n) is 1.78. The van der Waals surface area contributed by atoms with Gasteiger partial charge in [-0.3, -0.25) is 4.79 Å². The highest BCUT2D eigenvalue weighted by atomic mass is 32.1. The Balaban J connectivity index is 2.65. The Hall–Kier alpha value is -1.01. The summed E-state index contributed by atoms with van der Waals surface area (Å²) in [4.78, 5) is 12.6. The van der Waals surface area contributed by atoms with Gasteiger partial charge < -0.3 is 10.4 Å². The lowest BCUT2D eigenvalue weighted by atomic mass is 10.0. The van der Waals surface area contributed by atoms with Crippen molar-refractivity contribution in [2.75, 3.05) is 6.61 Å². The number of nitrogens with zero attached hydrogens (tertiary/aromatic N) is 2. The largest absolute Gasteiger partial charge is 0.394 e. The maximum atomic E-state index is 12.1. The third-order valence-corrected chi connectivity index (χ3v) is 3.33. The van der Waals surface area contributed by atoms with Crippen molar-refractivity contribution in [3.8, 4) is 0 Å². The van der Waals surface area contributed by atoms with Gasteiger partial charge in [0.05, 0.1) is 18.3 Å². The van der Waals surface area contributed by atoms with Crippen molar-refractivity contribution in [2.24, 2.45) is 5.92 Å². The van der Waals surface area contributed by atoms with Gasteiger partial charge in [-0.2, -0.15) is 0 Å². The molecule has 0 spiro atoms. The summed E-state index contributed by atoms with van der Waals surface area (Å²) in [6.07, 6.45) is 2.45. The maximum Gasteiger partial charge on any atom is 0.265 e. The van der Waals surface area contributed by atoms with Crippen LogP contribution in [0.15, 0.2) is 0 Å². The number of carbonyl (C=O) groups is 1. The smallest absolute Gasteiger partial charge is 0.265 e. The lowest BCUT2D eigenvalue weighted by Crippen LogP contribution is -2.38. The first kappa shape index (κ1) is 15.0. The van der Waals surface area contributed by atoms with Crippen LogP contribution in [0.4, 0.5) is 0 Å². The number of hydrogen-bond acceptors (Lipinski definition) is 5. The van der Waals surface area contributed by atoms with Gasteiger partial charge in [-0.05, 0) is 30.3 Å². The van der Waals surface area contributed by atoms with Crippen LogP contribution in [0.3, 0.4) is 0 Å². The quantitative estimate of drug-likeness (QED) is 0.790. The van der Waals surface area contributed by atoms with Crippen molar-refractivity contribution in [2.45, 2.75) is 46.1 Å². The number of aryl methyl sites for hydroxylation is 1. The third-order valence-electron chi connectivity index (χ3n) is 2.56. The molecule has 0 radical (unpaired) electrons. The summed E-state index contributed by atoms with van der Waals surface area (Å²) in [6.45, 7) is 6.12. The first-order valence-corrected chi connectivity index (χ1v) is 7.08. The van der Waals surface area contributed by atoms with Crippen LogP contribution < -0.4 is 5.32 Å².